The maximum absolute atomic E-state index is 3.65. The summed E-state index contributed by atoms with van der Waals surface area (Å²) in [5, 5.41) is 2.61. The Hall–Kier alpha value is -1.80. The largest absolute Gasteiger partial charge is 0.367 e. The molecule has 3 aromatic carbocycles. The van der Waals surface area contributed by atoms with Gasteiger partial charge in [0.25, 0.3) is 0 Å². The molecule has 0 bridgehead atoms. The van der Waals surface area contributed by atoms with E-state index in [1.165, 1.54) is 26.5 Å². The minimum Gasteiger partial charge on any atom is -0.367 e. The number of benzene rings is 3. The van der Waals surface area contributed by atoms with Crippen molar-refractivity contribution in [2.45, 2.75) is 13.5 Å². The monoisotopic (exact) mass is 339 g/mol. The standard InChI is InChI=1S/C19H18BrN/c1-2-21(14-16-9-4-6-12-18(16)20)19-13-7-10-15-8-3-5-11-17(15)19/h3-13H,2,14H2,1H3. The topological polar surface area (TPSA) is 3.24 Å². The third-order valence-electron chi connectivity index (χ3n) is 3.81. The molecule has 0 radical (unpaired) electrons. The van der Waals surface area contributed by atoms with Crippen LogP contribution in [0.3, 0.4) is 0 Å². The maximum Gasteiger partial charge on any atom is 0.0448 e. The average molecular weight is 340 g/mol. The molecule has 3 aromatic rings. The van der Waals surface area contributed by atoms with Crippen LogP contribution in [0.5, 0.6) is 0 Å². The van der Waals surface area contributed by atoms with Gasteiger partial charge in [-0.1, -0.05) is 70.5 Å². The lowest BCUT2D eigenvalue weighted by Crippen LogP contribution is -2.22. The first kappa shape index (κ1) is 14.2. The summed E-state index contributed by atoms with van der Waals surface area (Å²) < 4.78 is 1.17. The molecule has 0 aliphatic rings. The highest BCUT2D eigenvalue weighted by molar-refractivity contribution is 9.10. The fourth-order valence-electron chi connectivity index (χ4n) is 2.68. The first-order valence-electron chi connectivity index (χ1n) is 7.25. The van der Waals surface area contributed by atoms with E-state index < -0.39 is 0 Å². The van der Waals surface area contributed by atoms with Crippen molar-refractivity contribution in [2.24, 2.45) is 0 Å². The Kier molecular flexibility index (Phi) is 4.26. The lowest BCUT2D eigenvalue weighted by atomic mass is 10.1. The van der Waals surface area contributed by atoms with Crippen molar-refractivity contribution in [3.63, 3.8) is 0 Å². The highest BCUT2D eigenvalue weighted by atomic mass is 79.9. The van der Waals surface area contributed by atoms with Crippen LogP contribution in [-0.2, 0) is 6.54 Å². The van der Waals surface area contributed by atoms with E-state index >= 15 is 0 Å². The molecule has 0 saturated heterocycles. The van der Waals surface area contributed by atoms with Gasteiger partial charge in [-0.3, -0.25) is 0 Å². The number of hydrogen-bond donors (Lipinski definition) is 0. The predicted octanol–water partition coefficient (Wildman–Crippen LogP) is 5.63. The van der Waals surface area contributed by atoms with Crippen molar-refractivity contribution < 1.29 is 0 Å². The van der Waals surface area contributed by atoms with Crippen LogP contribution in [0, 0.1) is 0 Å². The molecule has 0 N–H and O–H groups in total. The van der Waals surface area contributed by atoms with Gasteiger partial charge in [-0.2, -0.15) is 0 Å². The van der Waals surface area contributed by atoms with Gasteiger partial charge in [0, 0.05) is 28.6 Å². The molecule has 0 spiro atoms. The van der Waals surface area contributed by atoms with E-state index in [2.05, 4.69) is 94.5 Å². The van der Waals surface area contributed by atoms with Crippen molar-refractivity contribution in [3.05, 3.63) is 76.8 Å². The van der Waals surface area contributed by atoms with E-state index in [0.29, 0.717) is 0 Å². The van der Waals surface area contributed by atoms with Crippen LogP contribution < -0.4 is 4.90 Å². The Morgan fingerprint density at radius 3 is 2.38 bits per heavy atom. The van der Waals surface area contributed by atoms with Crippen molar-refractivity contribution >= 4 is 32.4 Å². The molecule has 106 valence electrons. The molecule has 0 amide bonds. The minimum atomic E-state index is 0.909. The first-order chi connectivity index (χ1) is 10.3. The zero-order valence-corrected chi connectivity index (χ0v) is 13.7. The summed E-state index contributed by atoms with van der Waals surface area (Å²) in [5.41, 5.74) is 2.61. The molecule has 0 atom stereocenters. The minimum absolute atomic E-state index is 0.909. The molecule has 0 aromatic heterocycles. The molecule has 3 rings (SSSR count). The molecular formula is C19H18BrN. The molecule has 0 fully saturated rings. The van der Waals surface area contributed by atoms with Gasteiger partial charge in [0.05, 0.1) is 0 Å². The van der Waals surface area contributed by atoms with Gasteiger partial charge in [-0.05, 0) is 30.0 Å². The molecular weight excluding hydrogens is 322 g/mol. The Morgan fingerprint density at radius 1 is 0.857 bits per heavy atom. The van der Waals surface area contributed by atoms with Gasteiger partial charge >= 0.3 is 0 Å². The van der Waals surface area contributed by atoms with E-state index in [1.807, 2.05) is 0 Å². The summed E-state index contributed by atoms with van der Waals surface area (Å²) >= 11 is 3.65. The Morgan fingerprint density at radius 2 is 1.57 bits per heavy atom. The van der Waals surface area contributed by atoms with Gasteiger partial charge in [0.2, 0.25) is 0 Å². The molecule has 0 heterocycles. The zero-order chi connectivity index (χ0) is 14.7. The summed E-state index contributed by atoms with van der Waals surface area (Å²) in [7, 11) is 0. The molecule has 0 unspecified atom stereocenters. The summed E-state index contributed by atoms with van der Waals surface area (Å²) in [6.45, 7) is 4.10. The van der Waals surface area contributed by atoms with Crippen molar-refractivity contribution in [1.82, 2.24) is 0 Å². The number of anilines is 1. The quantitative estimate of drug-likeness (QED) is 0.595. The third kappa shape index (κ3) is 2.96. The lowest BCUT2D eigenvalue weighted by Gasteiger charge is -2.25. The van der Waals surface area contributed by atoms with Crippen LogP contribution in [0.15, 0.2) is 71.2 Å². The maximum atomic E-state index is 3.65. The molecule has 0 aliphatic heterocycles. The first-order valence-corrected chi connectivity index (χ1v) is 8.05. The Bertz CT molecular complexity index is 746. The second-order valence-corrected chi connectivity index (χ2v) is 5.96. The number of nitrogens with zero attached hydrogens (tertiary/aromatic N) is 1. The number of halogens is 1. The van der Waals surface area contributed by atoms with Crippen molar-refractivity contribution in [3.8, 4) is 0 Å². The molecule has 21 heavy (non-hydrogen) atoms. The summed E-state index contributed by atoms with van der Waals surface area (Å²) in [4.78, 5) is 2.42. The summed E-state index contributed by atoms with van der Waals surface area (Å²) in [6.07, 6.45) is 0. The van der Waals surface area contributed by atoms with Crippen molar-refractivity contribution in [2.75, 3.05) is 11.4 Å². The second kappa shape index (κ2) is 6.31. The fraction of sp³-hybridized carbons (Fsp3) is 0.158. The Labute approximate surface area is 134 Å². The van der Waals surface area contributed by atoms with E-state index in [-0.39, 0.29) is 0 Å². The summed E-state index contributed by atoms with van der Waals surface area (Å²) in [6, 6.07) is 23.5. The van der Waals surface area contributed by atoms with Gasteiger partial charge in [-0.25, -0.2) is 0 Å². The Balaban J connectivity index is 2.01. The number of fused-ring (bicyclic) bond motifs is 1. The number of hydrogen-bond acceptors (Lipinski definition) is 1. The summed E-state index contributed by atoms with van der Waals surface area (Å²) in [5.74, 6) is 0. The van der Waals surface area contributed by atoms with E-state index in [4.69, 9.17) is 0 Å². The van der Waals surface area contributed by atoms with Gasteiger partial charge in [-0.15, -0.1) is 0 Å². The van der Waals surface area contributed by atoms with Gasteiger partial charge < -0.3 is 4.90 Å². The van der Waals surface area contributed by atoms with Gasteiger partial charge in [0.1, 0.15) is 0 Å². The third-order valence-corrected chi connectivity index (χ3v) is 4.58. The van der Waals surface area contributed by atoms with E-state index in [1.54, 1.807) is 0 Å². The fourth-order valence-corrected chi connectivity index (χ4v) is 3.09. The van der Waals surface area contributed by atoms with E-state index in [0.717, 1.165) is 13.1 Å². The average Bonchev–Trinajstić information content (AvgIpc) is 2.54. The lowest BCUT2D eigenvalue weighted by molar-refractivity contribution is 0.833. The number of rotatable bonds is 4. The predicted molar refractivity (Wildman–Crippen MR) is 94.8 cm³/mol. The SMILES string of the molecule is CCN(Cc1ccccc1Br)c1cccc2ccccc12. The van der Waals surface area contributed by atoms with Crippen LogP contribution in [0.2, 0.25) is 0 Å². The molecule has 1 nitrogen and oxygen atoms in total. The highest BCUT2D eigenvalue weighted by Gasteiger charge is 2.10. The second-order valence-electron chi connectivity index (χ2n) is 5.10. The van der Waals surface area contributed by atoms with Crippen LogP contribution >= 0.6 is 15.9 Å². The zero-order valence-electron chi connectivity index (χ0n) is 12.1. The smallest absolute Gasteiger partial charge is 0.0448 e. The van der Waals surface area contributed by atoms with Crippen LogP contribution in [-0.4, -0.2) is 6.54 Å². The van der Waals surface area contributed by atoms with Crippen LogP contribution in [0.25, 0.3) is 10.8 Å². The highest BCUT2D eigenvalue weighted by Crippen LogP contribution is 2.29. The van der Waals surface area contributed by atoms with Crippen LogP contribution in [0.4, 0.5) is 5.69 Å². The molecule has 0 saturated carbocycles. The van der Waals surface area contributed by atoms with Crippen molar-refractivity contribution in [1.29, 1.82) is 0 Å². The van der Waals surface area contributed by atoms with E-state index in [9.17, 15) is 0 Å². The molecule has 0 aliphatic carbocycles. The molecule has 2 heteroatoms. The van der Waals surface area contributed by atoms with Gasteiger partial charge in [0.15, 0.2) is 0 Å². The van der Waals surface area contributed by atoms with Crippen LogP contribution in [0.1, 0.15) is 12.5 Å². The normalized spacial score (nSPS) is 10.8.